The van der Waals surface area contributed by atoms with Crippen molar-refractivity contribution in [3.63, 3.8) is 0 Å². The van der Waals surface area contributed by atoms with E-state index < -0.39 is 23.6 Å². The summed E-state index contributed by atoms with van der Waals surface area (Å²) in [6, 6.07) is 1.43. The van der Waals surface area contributed by atoms with E-state index in [-0.39, 0.29) is 18.0 Å². The first kappa shape index (κ1) is 14.9. The Bertz CT molecular complexity index is 376. The fraction of sp³-hybridized carbons (Fsp3) is 0.200. The van der Waals surface area contributed by atoms with Gasteiger partial charge in [0.2, 0.25) is 0 Å². The second-order valence-corrected chi connectivity index (χ2v) is 2.99. The van der Waals surface area contributed by atoms with E-state index in [4.69, 9.17) is 5.73 Å². The van der Waals surface area contributed by atoms with Crippen LogP contribution < -0.4 is 5.73 Å². The van der Waals surface area contributed by atoms with Crippen molar-refractivity contribution in [1.29, 1.82) is 0 Å². The van der Waals surface area contributed by atoms with Gasteiger partial charge in [-0.15, -0.1) is 19.0 Å². The predicted octanol–water partition coefficient (Wildman–Crippen LogP) is 3.45. The van der Waals surface area contributed by atoms with E-state index in [2.05, 4.69) is 6.58 Å². The van der Waals surface area contributed by atoms with Crippen LogP contribution in [0.25, 0.3) is 0 Å². The molecule has 1 aromatic carbocycles. The minimum absolute atomic E-state index is 0. The van der Waals surface area contributed by atoms with Gasteiger partial charge >= 0.3 is 6.18 Å². The molecule has 0 saturated heterocycles. The molecule has 0 bridgehead atoms. The lowest BCUT2D eigenvalue weighted by Gasteiger charge is -2.15. The number of benzene rings is 1. The highest BCUT2D eigenvalue weighted by molar-refractivity contribution is 5.85. The van der Waals surface area contributed by atoms with Crippen molar-refractivity contribution in [2.75, 3.05) is 0 Å². The highest BCUT2D eigenvalue weighted by Gasteiger charge is 2.34. The summed E-state index contributed by atoms with van der Waals surface area (Å²) in [6.07, 6.45) is -3.44. The minimum Gasteiger partial charge on any atom is -0.321 e. The van der Waals surface area contributed by atoms with Gasteiger partial charge in [-0.25, -0.2) is 4.39 Å². The molecule has 1 rings (SSSR count). The minimum atomic E-state index is -4.61. The van der Waals surface area contributed by atoms with Gasteiger partial charge in [0, 0.05) is 6.04 Å². The first-order valence-corrected chi connectivity index (χ1v) is 4.11. The molecule has 0 radical (unpaired) electrons. The van der Waals surface area contributed by atoms with Crippen molar-refractivity contribution < 1.29 is 17.6 Å². The second kappa shape index (κ2) is 5.32. The monoisotopic (exact) mass is 255 g/mol. The summed E-state index contributed by atoms with van der Waals surface area (Å²) in [4.78, 5) is 0. The van der Waals surface area contributed by atoms with Gasteiger partial charge in [0.25, 0.3) is 0 Å². The Kier molecular flexibility index (Phi) is 4.96. The molecule has 1 aromatic rings. The molecule has 0 saturated carbocycles. The van der Waals surface area contributed by atoms with E-state index in [0.29, 0.717) is 6.07 Å². The maximum absolute atomic E-state index is 12.7. The van der Waals surface area contributed by atoms with E-state index in [0.717, 1.165) is 12.1 Å². The Morgan fingerprint density at radius 1 is 1.31 bits per heavy atom. The number of hydrogen-bond acceptors (Lipinski definition) is 1. The quantitative estimate of drug-likeness (QED) is 0.636. The van der Waals surface area contributed by atoms with Crippen molar-refractivity contribution >= 4 is 12.4 Å². The molecule has 2 N–H and O–H groups in total. The van der Waals surface area contributed by atoms with Crippen molar-refractivity contribution in [2.24, 2.45) is 5.73 Å². The number of nitrogens with two attached hydrogens (primary N) is 1. The average Bonchev–Trinajstić information content (AvgIpc) is 2.15. The highest BCUT2D eigenvalue weighted by atomic mass is 35.5. The standard InChI is InChI=1S/C10H9F4N.ClH/c1-2-9(15)7-4-3-6(11)5-8(7)10(12,13)14;/h2-5,9H,1,15H2;1H/t9-;/m1./s1. The SMILES string of the molecule is C=C[C@@H](N)c1ccc(F)cc1C(F)(F)F.Cl. The molecule has 0 heterocycles. The zero-order valence-electron chi connectivity index (χ0n) is 8.09. The lowest BCUT2D eigenvalue weighted by molar-refractivity contribution is -0.138. The lowest BCUT2D eigenvalue weighted by atomic mass is 10.0. The molecule has 0 spiro atoms. The van der Waals surface area contributed by atoms with Gasteiger partial charge in [0.1, 0.15) is 5.82 Å². The molecule has 0 aliphatic heterocycles. The molecule has 90 valence electrons. The van der Waals surface area contributed by atoms with Crippen molar-refractivity contribution in [3.8, 4) is 0 Å². The first-order valence-electron chi connectivity index (χ1n) is 4.11. The van der Waals surface area contributed by atoms with Gasteiger partial charge in [-0.2, -0.15) is 13.2 Å². The molecule has 1 nitrogen and oxygen atoms in total. The second-order valence-electron chi connectivity index (χ2n) is 2.99. The molecule has 16 heavy (non-hydrogen) atoms. The van der Waals surface area contributed by atoms with Crippen molar-refractivity contribution in [2.45, 2.75) is 12.2 Å². The third-order valence-electron chi connectivity index (χ3n) is 1.93. The van der Waals surface area contributed by atoms with Crippen LogP contribution in [0.5, 0.6) is 0 Å². The van der Waals surface area contributed by atoms with Gasteiger partial charge in [0.05, 0.1) is 5.56 Å². The summed E-state index contributed by atoms with van der Waals surface area (Å²) in [5.41, 5.74) is 4.16. The molecular weight excluding hydrogens is 246 g/mol. The summed E-state index contributed by atoms with van der Waals surface area (Å²) in [7, 11) is 0. The molecule has 0 aromatic heterocycles. The Hall–Kier alpha value is -1.07. The maximum atomic E-state index is 12.7. The van der Waals surface area contributed by atoms with Gasteiger partial charge in [-0.3, -0.25) is 0 Å². The third kappa shape index (κ3) is 3.21. The first-order chi connectivity index (χ1) is 6.86. The van der Waals surface area contributed by atoms with Crippen LogP contribution in [0.4, 0.5) is 17.6 Å². The lowest BCUT2D eigenvalue weighted by Crippen LogP contribution is -2.16. The van der Waals surface area contributed by atoms with E-state index in [1.165, 1.54) is 6.08 Å². The smallest absolute Gasteiger partial charge is 0.321 e. The molecule has 0 amide bonds. The van der Waals surface area contributed by atoms with Crippen molar-refractivity contribution in [3.05, 3.63) is 47.8 Å². The number of rotatable bonds is 2. The molecule has 0 aliphatic rings. The van der Waals surface area contributed by atoms with Crippen LogP contribution in [-0.2, 0) is 6.18 Å². The van der Waals surface area contributed by atoms with E-state index in [1.54, 1.807) is 0 Å². The Morgan fingerprint density at radius 3 is 2.31 bits per heavy atom. The van der Waals surface area contributed by atoms with Crippen LogP contribution >= 0.6 is 12.4 Å². The van der Waals surface area contributed by atoms with Crippen LogP contribution in [0, 0.1) is 5.82 Å². The summed E-state index contributed by atoms with van der Waals surface area (Å²) in [6.45, 7) is 3.30. The van der Waals surface area contributed by atoms with E-state index in [9.17, 15) is 17.6 Å². The molecule has 0 aliphatic carbocycles. The molecule has 0 unspecified atom stereocenters. The fourth-order valence-electron chi connectivity index (χ4n) is 1.19. The number of alkyl halides is 3. The molecule has 1 atom stereocenters. The Balaban J connectivity index is 0.00000225. The van der Waals surface area contributed by atoms with Crippen LogP contribution in [0.3, 0.4) is 0 Å². The topological polar surface area (TPSA) is 26.0 Å². The van der Waals surface area contributed by atoms with Crippen LogP contribution in [0.2, 0.25) is 0 Å². The third-order valence-corrected chi connectivity index (χ3v) is 1.93. The van der Waals surface area contributed by atoms with Crippen LogP contribution in [0.1, 0.15) is 17.2 Å². The van der Waals surface area contributed by atoms with Gasteiger partial charge < -0.3 is 5.73 Å². The van der Waals surface area contributed by atoms with E-state index >= 15 is 0 Å². The number of hydrogen-bond donors (Lipinski definition) is 1. The van der Waals surface area contributed by atoms with E-state index in [1.807, 2.05) is 0 Å². The van der Waals surface area contributed by atoms with Gasteiger partial charge in [0.15, 0.2) is 0 Å². The largest absolute Gasteiger partial charge is 0.416 e. The van der Waals surface area contributed by atoms with Crippen LogP contribution in [0.15, 0.2) is 30.9 Å². The average molecular weight is 256 g/mol. The van der Waals surface area contributed by atoms with Crippen LogP contribution in [-0.4, -0.2) is 0 Å². The Labute approximate surface area is 96.4 Å². The summed E-state index contributed by atoms with van der Waals surface area (Å²) < 4.78 is 50.1. The highest BCUT2D eigenvalue weighted by Crippen LogP contribution is 2.34. The number of halogens is 5. The Morgan fingerprint density at radius 2 is 1.88 bits per heavy atom. The maximum Gasteiger partial charge on any atom is 0.416 e. The summed E-state index contributed by atoms with van der Waals surface area (Å²) >= 11 is 0. The molecule has 0 fully saturated rings. The summed E-state index contributed by atoms with van der Waals surface area (Å²) in [5.74, 6) is -0.942. The van der Waals surface area contributed by atoms with Gasteiger partial charge in [-0.1, -0.05) is 12.1 Å². The normalized spacial score (nSPS) is 12.8. The molecule has 6 heteroatoms. The zero-order chi connectivity index (χ0) is 11.6. The summed E-state index contributed by atoms with van der Waals surface area (Å²) in [5, 5.41) is 0. The van der Waals surface area contributed by atoms with Gasteiger partial charge in [-0.05, 0) is 17.7 Å². The van der Waals surface area contributed by atoms with Crippen molar-refractivity contribution in [1.82, 2.24) is 0 Å². The fourth-order valence-corrected chi connectivity index (χ4v) is 1.19. The zero-order valence-corrected chi connectivity index (χ0v) is 8.91. The molecular formula is C10H10ClF4N. The predicted molar refractivity (Wildman–Crippen MR) is 55.8 cm³/mol.